The van der Waals surface area contributed by atoms with E-state index < -0.39 is 11.8 Å². The molecule has 174 valence electrons. The van der Waals surface area contributed by atoms with Crippen LogP contribution < -0.4 is 15.5 Å². The Morgan fingerprint density at radius 1 is 0.969 bits per heavy atom. The van der Waals surface area contributed by atoms with Gasteiger partial charge >= 0.3 is 11.8 Å². The van der Waals surface area contributed by atoms with Crippen LogP contribution in [0.3, 0.4) is 0 Å². The Morgan fingerprint density at radius 3 is 2.56 bits per heavy atom. The van der Waals surface area contributed by atoms with E-state index in [0.717, 1.165) is 45.3 Å². The number of carbonyl (C=O) groups excluding carboxylic acids is 2. The molecule has 4 rings (SSSR count). The van der Waals surface area contributed by atoms with Crippen LogP contribution in [0.5, 0.6) is 0 Å². The van der Waals surface area contributed by atoms with E-state index in [9.17, 15) is 9.59 Å². The highest BCUT2D eigenvalue weighted by molar-refractivity contribution is 6.35. The third-order valence-corrected chi connectivity index (χ3v) is 7.20. The molecule has 0 aromatic heterocycles. The van der Waals surface area contributed by atoms with Gasteiger partial charge in [0.2, 0.25) is 0 Å². The molecule has 0 bridgehead atoms. The molecule has 0 unspecified atom stereocenters. The Kier molecular flexibility index (Phi) is 7.85. The zero-order valence-corrected chi connectivity index (χ0v) is 19.5. The predicted octanol–water partition coefficient (Wildman–Crippen LogP) is 3.33. The van der Waals surface area contributed by atoms with Gasteiger partial charge in [-0.3, -0.25) is 14.5 Å². The number of nitrogens with one attached hydrogen (secondary N) is 2. The summed E-state index contributed by atoms with van der Waals surface area (Å²) in [5, 5.41) is 5.72. The molecule has 0 spiro atoms. The third-order valence-electron chi connectivity index (χ3n) is 7.20. The SMILES string of the molecule is CN1CCCc2cc([C@@H](CNC(=O)C(=O)NCCC3=CCCCC3)N3CCCC3)ccc21. The fourth-order valence-corrected chi connectivity index (χ4v) is 5.34. The van der Waals surface area contributed by atoms with E-state index in [0.29, 0.717) is 13.1 Å². The summed E-state index contributed by atoms with van der Waals surface area (Å²) >= 11 is 0. The van der Waals surface area contributed by atoms with Crippen molar-refractivity contribution in [2.24, 2.45) is 0 Å². The van der Waals surface area contributed by atoms with E-state index in [2.05, 4.69) is 51.8 Å². The van der Waals surface area contributed by atoms with Gasteiger partial charge in [0, 0.05) is 32.4 Å². The van der Waals surface area contributed by atoms with Gasteiger partial charge < -0.3 is 15.5 Å². The minimum atomic E-state index is -0.524. The van der Waals surface area contributed by atoms with Crippen molar-refractivity contribution in [3.05, 3.63) is 41.0 Å². The van der Waals surface area contributed by atoms with Crippen molar-refractivity contribution in [2.75, 3.05) is 44.7 Å². The number of anilines is 1. The van der Waals surface area contributed by atoms with Crippen molar-refractivity contribution in [3.8, 4) is 0 Å². The van der Waals surface area contributed by atoms with Crippen LogP contribution in [0.2, 0.25) is 0 Å². The average molecular weight is 439 g/mol. The van der Waals surface area contributed by atoms with Crippen molar-refractivity contribution in [2.45, 2.75) is 63.8 Å². The van der Waals surface area contributed by atoms with Crippen LogP contribution in [-0.4, -0.2) is 56.5 Å². The summed E-state index contributed by atoms with van der Waals surface area (Å²) < 4.78 is 0. The molecule has 1 fully saturated rings. The first-order chi connectivity index (χ1) is 15.6. The molecule has 2 heterocycles. The van der Waals surface area contributed by atoms with Crippen LogP contribution >= 0.6 is 0 Å². The number of fused-ring (bicyclic) bond motifs is 1. The van der Waals surface area contributed by atoms with E-state index in [1.165, 1.54) is 54.5 Å². The number of rotatable bonds is 7. The molecule has 32 heavy (non-hydrogen) atoms. The molecule has 1 saturated heterocycles. The Labute approximate surface area is 192 Å². The lowest BCUT2D eigenvalue weighted by atomic mass is 9.96. The number of benzene rings is 1. The molecule has 0 radical (unpaired) electrons. The van der Waals surface area contributed by atoms with Gasteiger partial charge in [0.1, 0.15) is 0 Å². The smallest absolute Gasteiger partial charge is 0.309 e. The number of hydrogen-bond donors (Lipinski definition) is 2. The molecule has 1 atom stereocenters. The van der Waals surface area contributed by atoms with E-state index in [1.807, 2.05) is 0 Å². The molecular weight excluding hydrogens is 400 g/mol. The highest BCUT2D eigenvalue weighted by Crippen LogP contribution is 2.31. The second-order valence-electron chi connectivity index (χ2n) is 9.50. The standard InChI is InChI=1S/C26H38N4O2/c1-29-15-7-10-21-18-22(11-12-23(21)29)24(30-16-5-6-17-30)19-28-26(32)25(31)27-14-13-20-8-3-2-4-9-20/h8,11-12,18,24H,2-7,9-10,13-17,19H2,1H3,(H,27,31)(H,28,32)/t24-/m1/s1. The second-order valence-corrected chi connectivity index (χ2v) is 9.50. The van der Waals surface area contributed by atoms with Crippen LogP contribution in [0.4, 0.5) is 5.69 Å². The van der Waals surface area contributed by atoms with Crippen LogP contribution in [0.25, 0.3) is 0 Å². The first-order valence-electron chi connectivity index (χ1n) is 12.4. The number of aryl methyl sites for hydroxylation is 1. The summed E-state index contributed by atoms with van der Waals surface area (Å²) in [4.78, 5) is 29.6. The van der Waals surface area contributed by atoms with Gasteiger partial charge in [-0.05, 0) is 88.1 Å². The van der Waals surface area contributed by atoms with Gasteiger partial charge in [0.25, 0.3) is 0 Å². The van der Waals surface area contributed by atoms with E-state index in [-0.39, 0.29) is 6.04 Å². The lowest BCUT2D eigenvalue weighted by molar-refractivity contribution is -0.139. The van der Waals surface area contributed by atoms with Gasteiger partial charge in [-0.15, -0.1) is 0 Å². The van der Waals surface area contributed by atoms with Crippen molar-refractivity contribution in [1.82, 2.24) is 15.5 Å². The molecule has 2 amide bonds. The Balaban J connectivity index is 1.34. The second kappa shape index (κ2) is 11.0. The fraction of sp³-hybridized carbons (Fsp3) is 0.615. The monoisotopic (exact) mass is 438 g/mol. The van der Waals surface area contributed by atoms with Crippen LogP contribution in [0, 0.1) is 0 Å². The molecule has 0 saturated carbocycles. The normalized spacial score (nSPS) is 19.8. The van der Waals surface area contributed by atoms with Crippen LogP contribution in [0.15, 0.2) is 29.8 Å². The summed E-state index contributed by atoms with van der Waals surface area (Å²) in [6.07, 6.45) is 12.5. The van der Waals surface area contributed by atoms with Crippen LogP contribution in [0.1, 0.15) is 68.5 Å². The fourth-order valence-electron chi connectivity index (χ4n) is 5.34. The van der Waals surface area contributed by atoms with Gasteiger partial charge in [0.05, 0.1) is 6.04 Å². The van der Waals surface area contributed by atoms with Crippen molar-refractivity contribution in [1.29, 1.82) is 0 Å². The number of likely N-dealkylation sites (tertiary alicyclic amines) is 1. The highest BCUT2D eigenvalue weighted by Gasteiger charge is 2.26. The van der Waals surface area contributed by atoms with Gasteiger partial charge in [-0.1, -0.05) is 23.8 Å². The molecule has 3 aliphatic rings. The molecule has 6 heteroatoms. The summed E-state index contributed by atoms with van der Waals surface area (Å²) in [5.74, 6) is -1.04. The number of carbonyl (C=O) groups is 2. The lowest BCUT2D eigenvalue weighted by Crippen LogP contribution is -2.44. The Hall–Kier alpha value is -2.34. The Bertz CT molecular complexity index is 844. The molecule has 2 aliphatic heterocycles. The quantitative estimate of drug-likeness (QED) is 0.506. The predicted molar refractivity (Wildman–Crippen MR) is 129 cm³/mol. The maximum absolute atomic E-state index is 12.5. The minimum absolute atomic E-state index is 0.110. The van der Waals surface area contributed by atoms with E-state index in [1.54, 1.807) is 0 Å². The maximum atomic E-state index is 12.5. The van der Waals surface area contributed by atoms with Crippen LogP contribution in [-0.2, 0) is 16.0 Å². The number of nitrogens with zero attached hydrogens (tertiary/aromatic N) is 2. The molecule has 2 N–H and O–H groups in total. The van der Waals surface area contributed by atoms with Crippen molar-refractivity contribution < 1.29 is 9.59 Å². The lowest BCUT2D eigenvalue weighted by Gasteiger charge is -2.31. The van der Waals surface area contributed by atoms with E-state index >= 15 is 0 Å². The maximum Gasteiger partial charge on any atom is 0.309 e. The van der Waals surface area contributed by atoms with Crippen molar-refractivity contribution in [3.63, 3.8) is 0 Å². The molecule has 1 aromatic rings. The molecule has 1 aliphatic carbocycles. The number of amides is 2. The third kappa shape index (κ3) is 5.71. The van der Waals surface area contributed by atoms with Crippen molar-refractivity contribution >= 4 is 17.5 Å². The number of allylic oxidation sites excluding steroid dienone is 1. The van der Waals surface area contributed by atoms with Gasteiger partial charge in [-0.25, -0.2) is 0 Å². The molecule has 6 nitrogen and oxygen atoms in total. The zero-order valence-electron chi connectivity index (χ0n) is 19.5. The zero-order chi connectivity index (χ0) is 22.3. The average Bonchev–Trinajstić information content (AvgIpc) is 3.34. The van der Waals surface area contributed by atoms with Gasteiger partial charge in [-0.2, -0.15) is 0 Å². The summed E-state index contributed by atoms with van der Waals surface area (Å²) in [5.41, 5.74) is 5.35. The van der Waals surface area contributed by atoms with E-state index in [4.69, 9.17) is 0 Å². The molecule has 1 aromatic carbocycles. The van der Waals surface area contributed by atoms with Gasteiger partial charge in [0.15, 0.2) is 0 Å². The molecular formula is C26H38N4O2. The number of hydrogen-bond acceptors (Lipinski definition) is 4. The summed E-state index contributed by atoms with van der Waals surface area (Å²) in [7, 11) is 2.15. The first kappa shape index (κ1) is 22.8. The highest BCUT2D eigenvalue weighted by atomic mass is 16.2. The minimum Gasteiger partial charge on any atom is -0.374 e. The largest absolute Gasteiger partial charge is 0.374 e. The summed E-state index contributed by atoms with van der Waals surface area (Å²) in [6.45, 7) is 4.18. The topological polar surface area (TPSA) is 64.7 Å². The first-order valence-corrected chi connectivity index (χ1v) is 12.4. The summed E-state index contributed by atoms with van der Waals surface area (Å²) in [6, 6.07) is 6.85. The Morgan fingerprint density at radius 2 is 1.78 bits per heavy atom.